The molecular weight excluding hydrogens is 372 g/mol. The summed E-state index contributed by atoms with van der Waals surface area (Å²) in [5.41, 5.74) is 8.38. The van der Waals surface area contributed by atoms with E-state index in [4.69, 9.17) is 9.47 Å². The molecule has 0 spiro atoms. The van der Waals surface area contributed by atoms with Crippen molar-refractivity contribution in [2.45, 2.75) is 25.7 Å². The number of allylic oxidation sites excluding steroid dienone is 4. The first-order valence-corrected chi connectivity index (χ1v) is 11.4. The zero-order chi connectivity index (χ0) is 20.2. The van der Waals surface area contributed by atoms with Crippen LogP contribution in [0.2, 0.25) is 0 Å². The van der Waals surface area contributed by atoms with Crippen molar-refractivity contribution in [1.29, 1.82) is 0 Å². The molecule has 4 aliphatic rings. The molecule has 0 N–H and O–H groups in total. The fourth-order valence-electron chi connectivity index (χ4n) is 4.90. The highest BCUT2D eigenvalue weighted by Crippen LogP contribution is 2.32. The quantitative estimate of drug-likeness (QED) is 0.739. The van der Waals surface area contributed by atoms with Crippen molar-refractivity contribution in [1.82, 2.24) is 9.80 Å². The van der Waals surface area contributed by atoms with Crippen LogP contribution in [0.15, 0.2) is 59.0 Å². The van der Waals surface area contributed by atoms with Crippen LogP contribution in [0.4, 0.5) is 0 Å². The second-order valence-corrected chi connectivity index (χ2v) is 8.46. The van der Waals surface area contributed by atoms with Gasteiger partial charge in [-0.2, -0.15) is 0 Å². The lowest BCUT2D eigenvalue weighted by Crippen LogP contribution is -2.35. The van der Waals surface area contributed by atoms with E-state index in [9.17, 15) is 0 Å². The summed E-state index contributed by atoms with van der Waals surface area (Å²) < 4.78 is 11.0. The Labute approximate surface area is 180 Å². The Morgan fingerprint density at radius 3 is 1.40 bits per heavy atom. The van der Waals surface area contributed by atoms with Gasteiger partial charge in [-0.1, -0.05) is 36.4 Å². The Kier molecular flexibility index (Phi) is 6.05. The highest BCUT2D eigenvalue weighted by atomic mass is 16.5. The van der Waals surface area contributed by atoms with E-state index in [-0.39, 0.29) is 0 Å². The minimum Gasteiger partial charge on any atom is -0.378 e. The first kappa shape index (κ1) is 19.7. The van der Waals surface area contributed by atoms with Crippen molar-refractivity contribution in [3.8, 4) is 0 Å². The third-order valence-electron chi connectivity index (χ3n) is 6.48. The normalized spacial score (nSPS) is 25.2. The summed E-state index contributed by atoms with van der Waals surface area (Å²) in [6, 6.07) is 9.06. The van der Waals surface area contributed by atoms with Gasteiger partial charge in [0.1, 0.15) is 0 Å². The van der Waals surface area contributed by atoms with Gasteiger partial charge in [0.2, 0.25) is 0 Å². The van der Waals surface area contributed by atoms with Crippen LogP contribution in [0, 0.1) is 0 Å². The van der Waals surface area contributed by atoms with Crippen LogP contribution in [0.25, 0.3) is 12.2 Å². The molecular formula is C26H32N2O2. The van der Waals surface area contributed by atoms with E-state index >= 15 is 0 Å². The van der Waals surface area contributed by atoms with Crippen molar-refractivity contribution in [2.24, 2.45) is 0 Å². The Bertz CT molecular complexity index is 794. The molecule has 2 aliphatic carbocycles. The van der Waals surface area contributed by atoms with Gasteiger partial charge < -0.3 is 19.3 Å². The summed E-state index contributed by atoms with van der Waals surface area (Å²) >= 11 is 0. The smallest absolute Gasteiger partial charge is 0.0642 e. The van der Waals surface area contributed by atoms with Gasteiger partial charge in [0.05, 0.1) is 26.4 Å². The van der Waals surface area contributed by atoms with Crippen molar-refractivity contribution in [3.05, 3.63) is 70.1 Å². The van der Waals surface area contributed by atoms with E-state index in [1.165, 1.54) is 33.7 Å². The predicted molar refractivity (Wildman–Crippen MR) is 122 cm³/mol. The van der Waals surface area contributed by atoms with Crippen LogP contribution in [-0.4, -0.2) is 62.4 Å². The molecule has 2 saturated heterocycles. The van der Waals surface area contributed by atoms with Gasteiger partial charge in [-0.25, -0.2) is 0 Å². The topological polar surface area (TPSA) is 24.9 Å². The fraction of sp³-hybridized carbons (Fsp3) is 0.462. The Hall–Kier alpha value is -2.30. The third-order valence-corrected chi connectivity index (χ3v) is 6.48. The summed E-state index contributed by atoms with van der Waals surface area (Å²) in [4.78, 5) is 4.97. The molecule has 0 radical (unpaired) electrons. The van der Waals surface area contributed by atoms with Gasteiger partial charge in [-0.05, 0) is 60.1 Å². The predicted octanol–water partition coefficient (Wildman–Crippen LogP) is 4.47. The van der Waals surface area contributed by atoms with Crippen molar-refractivity contribution >= 4 is 12.2 Å². The molecule has 5 rings (SSSR count). The van der Waals surface area contributed by atoms with Crippen LogP contribution in [0.5, 0.6) is 0 Å². The summed E-state index contributed by atoms with van der Waals surface area (Å²) in [7, 11) is 0. The molecule has 4 heteroatoms. The number of nitrogens with zero attached hydrogens (tertiary/aromatic N) is 2. The molecule has 30 heavy (non-hydrogen) atoms. The molecule has 1 aromatic rings. The molecule has 0 unspecified atom stereocenters. The van der Waals surface area contributed by atoms with Crippen LogP contribution in [-0.2, 0) is 9.47 Å². The minimum atomic E-state index is 0.842. The molecule has 0 aromatic heterocycles. The van der Waals surface area contributed by atoms with Gasteiger partial charge in [0.15, 0.2) is 0 Å². The van der Waals surface area contributed by atoms with Gasteiger partial charge in [-0.3, -0.25) is 0 Å². The molecule has 4 nitrogen and oxygen atoms in total. The number of rotatable bonds is 4. The molecule has 0 atom stereocenters. The lowest BCUT2D eigenvalue weighted by Gasteiger charge is -2.30. The lowest BCUT2D eigenvalue weighted by molar-refractivity contribution is 0.0549. The number of morpholine rings is 2. The average molecular weight is 405 g/mol. The summed E-state index contributed by atoms with van der Waals surface area (Å²) in [6.45, 7) is 7.40. The Balaban J connectivity index is 1.29. The summed E-state index contributed by atoms with van der Waals surface area (Å²) in [5, 5.41) is 0. The van der Waals surface area contributed by atoms with Crippen LogP contribution in [0.3, 0.4) is 0 Å². The number of benzene rings is 1. The zero-order valence-electron chi connectivity index (χ0n) is 17.8. The van der Waals surface area contributed by atoms with Gasteiger partial charge >= 0.3 is 0 Å². The van der Waals surface area contributed by atoms with E-state index in [1.54, 1.807) is 0 Å². The maximum absolute atomic E-state index is 5.52. The third kappa shape index (κ3) is 4.40. The van der Waals surface area contributed by atoms with Crippen LogP contribution < -0.4 is 0 Å². The van der Waals surface area contributed by atoms with Crippen molar-refractivity contribution in [3.63, 3.8) is 0 Å². The Morgan fingerprint density at radius 1 is 0.600 bits per heavy atom. The molecule has 2 aliphatic heterocycles. The second kappa shape index (κ2) is 9.23. The van der Waals surface area contributed by atoms with E-state index in [0.29, 0.717) is 0 Å². The van der Waals surface area contributed by atoms with Crippen LogP contribution >= 0.6 is 0 Å². The Morgan fingerprint density at radius 2 is 1.00 bits per heavy atom. The molecule has 158 valence electrons. The van der Waals surface area contributed by atoms with Crippen LogP contribution in [0.1, 0.15) is 36.8 Å². The van der Waals surface area contributed by atoms with Gasteiger partial charge in [0.25, 0.3) is 0 Å². The summed E-state index contributed by atoms with van der Waals surface area (Å²) in [5.74, 6) is 0. The van der Waals surface area contributed by atoms with E-state index in [2.05, 4.69) is 58.4 Å². The average Bonchev–Trinajstić information content (AvgIpc) is 3.46. The highest BCUT2D eigenvalue weighted by molar-refractivity contribution is 5.64. The highest BCUT2D eigenvalue weighted by Gasteiger charge is 2.21. The standard InChI is InChI=1S/C26H32N2O2/c1-3-23(25(5-1)27-11-15-29-16-12-27)19-21-7-9-22(10-8-21)20-24-4-2-6-26(24)28-13-17-30-18-14-28/h5-10,19-20H,1-4,11-18H2. The maximum atomic E-state index is 5.52. The molecule has 0 saturated carbocycles. The van der Waals surface area contributed by atoms with Crippen molar-refractivity contribution < 1.29 is 9.47 Å². The molecule has 1 aromatic carbocycles. The van der Waals surface area contributed by atoms with Gasteiger partial charge in [0, 0.05) is 37.6 Å². The largest absolute Gasteiger partial charge is 0.378 e. The minimum absolute atomic E-state index is 0.842. The first-order chi connectivity index (χ1) is 14.9. The zero-order valence-corrected chi connectivity index (χ0v) is 17.8. The first-order valence-electron chi connectivity index (χ1n) is 11.4. The monoisotopic (exact) mass is 404 g/mol. The van der Waals surface area contributed by atoms with E-state index < -0.39 is 0 Å². The lowest BCUT2D eigenvalue weighted by atomic mass is 10.0. The summed E-state index contributed by atoms with van der Waals surface area (Å²) in [6.07, 6.45) is 14.1. The molecule has 2 fully saturated rings. The number of ether oxygens (including phenoxy) is 2. The van der Waals surface area contributed by atoms with Crippen molar-refractivity contribution in [2.75, 3.05) is 52.6 Å². The van der Waals surface area contributed by atoms with Gasteiger partial charge in [-0.15, -0.1) is 0 Å². The molecule has 2 heterocycles. The maximum Gasteiger partial charge on any atom is 0.0642 e. The molecule has 0 amide bonds. The van der Waals surface area contributed by atoms with E-state index in [1.807, 2.05) is 0 Å². The van der Waals surface area contributed by atoms with E-state index in [0.717, 1.165) is 78.3 Å². The number of hydrogen-bond donors (Lipinski definition) is 0. The SMILES string of the molecule is C(=C1CCC=C1N1CCOCC1)c1ccc(C=C2CCC=C2N2CCOCC2)cc1. The fourth-order valence-corrected chi connectivity index (χ4v) is 4.90. The number of hydrogen-bond acceptors (Lipinski definition) is 4. The second-order valence-electron chi connectivity index (χ2n) is 8.46. The molecule has 0 bridgehead atoms.